The summed E-state index contributed by atoms with van der Waals surface area (Å²) in [5, 5.41) is 0. The molecule has 2 aliphatic carbocycles. The van der Waals surface area contributed by atoms with Gasteiger partial charge in [-0.3, -0.25) is 0 Å². The molecule has 0 amide bonds. The minimum Gasteiger partial charge on any atom is -0.0811 e. The van der Waals surface area contributed by atoms with E-state index in [0.29, 0.717) is 0 Å². The normalized spacial score (nSPS) is 34.2. The van der Waals surface area contributed by atoms with Crippen LogP contribution >= 0.6 is 0 Å². The SMILES string of the molecule is CCC1=CCCC2CC2C=C1C. The van der Waals surface area contributed by atoms with E-state index in [1.807, 2.05) is 0 Å². The zero-order chi connectivity index (χ0) is 8.55. The molecule has 0 aromatic heterocycles. The molecule has 66 valence electrons. The molecule has 0 aromatic carbocycles. The monoisotopic (exact) mass is 162 g/mol. The fraction of sp³-hybridized carbons (Fsp3) is 0.667. The van der Waals surface area contributed by atoms with Crippen LogP contribution in [0.25, 0.3) is 0 Å². The summed E-state index contributed by atoms with van der Waals surface area (Å²) in [5.41, 5.74) is 3.13. The maximum atomic E-state index is 2.50. The zero-order valence-electron chi connectivity index (χ0n) is 8.14. The van der Waals surface area contributed by atoms with Crippen LogP contribution in [0.15, 0.2) is 23.3 Å². The van der Waals surface area contributed by atoms with Crippen LogP contribution in [0.5, 0.6) is 0 Å². The fourth-order valence-electron chi connectivity index (χ4n) is 2.29. The van der Waals surface area contributed by atoms with Crippen molar-refractivity contribution in [3.63, 3.8) is 0 Å². The van der Waals surface area contributed by atoms with E-state index < -0.39 is 0 Å². The minimum absolute atomic E-state index is 0.945. The molecule has 0 N–H and O–H groups in total. The first kappa shape index (κ1) is 8.10. The van der Waals surface area contributed by atoms with Crippen LogP contribution in [0, 0.1) is 11.8 Å². The van der Waals surface area contributed by atoms with E-state index in [-0.39, 0.29) is 0 Å². The molecule has 0 heteroatoms. The first-order valence-corrected chi connectivity index (χ1v) is 5.19. The van der Waals surface area contributed by atoms with Gasteiger partial charge in [-0.15, -0.1) is 0 Å². The molecule has 0 spiro atoms. The lowest BCUT2D eigenvalue weighted by molar-refractivity contribution is 0.697. The van der Waals surface area contributed by atoms with Crippen LogP contribution < -0.4 is 0 Å². The van der Waals surface area contributed by atoms with Crippen molar-refractivity contribution in [2.75, 3.05) is 0 Å². The van der Waals surface area contributed by atoms with Gasteiger partial charge in [0.15, 0.2) is 0 Å². The molecule has 2 atom stereocenters. The van der Waals surface area contributed by atoms with E-state index in [1.165, 1.54) is 25.7 Å². The Kier molecular flexibility index (Phi) is 2.08. The second kappa shape index (κ2) is 3.08. The highest BCUT2D eigenvalue weighted by Gasteiger charge is 2.34. The molecular weight excluding hydrogens is 144 g/mol. The molecule has 0 bridgehead atoms. The Morgan fingerprint density at radius 3 is 3.08 bits per heavy atom. The predicted octanol–water partition coefficient (Wildman–Crippen LogP) is 3.70. The van der Waals surface area contributed by atoms with Crippen LogP contribution in [0.2, 0.25) is 0 Å². The molecule has 0 saturated heterocycles. The van der Waals surface area contributed by atoms with Gasteiger partial charge in [-0.2, -0.15) is 0 Å². The second-order valence-corrected chi connectivity index (χ2v) is 4.17. The molecule has 12 heavy (non-hydrogen) atoms. The Morgan fingerprint density at radius 2 is 2.33 bits per heavy atom. The lowest BCUT2D eigenvalue weighted by Crippen LogP contribution is -1.91. The zero-order valence-corrected chi connectivity index (χ0v) is 8.14. The van der Waals surface area contributed by atoms with Crippen LogP contribution in [0.3, 0.4) is 0 Å². The summed E-state index contributed by atoms with van der Waals surface area (Å²) in [7, 11) is 0. The average molecular weight is 162 g/mol. The molecule has 0 nitrogen and oxygen atoms in total. The van der Waals surface area contributed by atoms with E-state index in [2.05, 4.69) is 26.0 Å². The lowest BCUT2D eigenvalue weighted by atomic mass is 9.98. The van der Waals surface area contributed by atoms with Crippen molar-refractivity contribution in [2.24, 2.45) is 11.8 Å². The molecule has 2 unspecified atom stereocenters. The number of hydrogen-bond acceptors (Lipinski definition) is 0. The second-order valence-electron chi connectivity index (χ2n) is 4.17. The topological polar surface area (TPSA) is 0 Å². The predicted molar refractivity (Wildman–Crippen MR) is 53.0 cm³/mol. The molecule has 2 aliphatic rings. The van der Waals surface area contributed by atoms with Gasteiger partial charge in [0.2, 0.25) is 0 Å². The van der Waals surface area contributed by atoms with Crippen LogP contribution in [-0.2, 0) is 0 Å². The smallest absolute Gasteiger partial charge is 0.0196 e. The van der Waals surface area contributed by atoms with Crippen molar-refractivity contribution in [1.82, 2.24) is 0 Å². The molecule has 2 rings (SSSR count). The summed E-state index contributed by atoms with van der Waals surface area (Å²) < 4.78 is 0. The Hall–Kier alpha value is -0.520. The van der Waals surface area contributed by atoms with E-state index in [0.717, 1.165) is 11.8 Å². The highest BCUT2D eigenvalue weighted by Crippen LogP contribution is 2.45. The third kappa shape index (κ3) is 1.48. The average Bonchev–Trinajstić information content (AvgIpc) is 2.73. The molecule has 0 heterocycles. The van der Waals surface area contributed by atoms with Crippen molar-refractivity contribution in [3.8, 4) is 0 Å². The van der Waals surface area contributed by atoms with E-state index in [9.17, 15) is 0 Å². The van der Waals surface area contributed by atoms with Gasteiger partial charge in [-0.05, 0) is 50.0 Å². The maximum absolute atomic E-state index is 2.50. The highest BCUT2D eigenvalue weighted by molar-refractivity contribution is 5.31. The van der Waals surface area contributed by atoms with Crippen molar-refractivity contribution in [2.45, 2.75) is 39.5 Å². The van der Waals surface area contributed by atoms with Gasteiger partial charge in [0.05, 0.1) is 0 Å². The third-order valence-electron chi connectivity index (χ3n) is 3.26. The number of hydrogen-bond donors (Lipinski definition) is 0. The van der Waals surface area contributed by atoms with Crippen molar-refractivity contribution in [1.29, 1.82) is 0 Å². The van der Waals surface area contributed by atoms with Crippen LogP contribution in [-0.4, -0.2) is 0 Å². The van der Waals surface area contributed by atoms with Crippen LogP contribution in [0.1, 0.15) is 39.5 Å². The molecule has 0 aromatic rings. The Morgan fingerprint density at radius 1 is 1.50 bits per heavy atom. The molecule has 0 aliphatic heterocycles. The van der Waals surface area contributed by atoms with E-state index >= 15 is 0 Å². The first-order valence-electron chi connectivity index (χ1n) is 5.19. The first-order chi connectivity index (χ1) is 5.81. The quantitative estimate of drug-likeness (QED) is 0.551. The van der Waals surface area contributed by atoms with Gasteiger partial charge in [0.25, 0.3) is 0 Å². The molecular formula is C12H18. The van der Waals surface area contributed by atoms with Gasteiger partial charge in [0, 0.05) is 0 Å². The van der Waals surface area contributed by atoms with Gasteiger partial charge in [-0.25, -0.2) is 0 Å². The molecule has 0 radical (unpaired) electrons. The van der Waals surface area contributed by atoms with Crippen molar-refractivity contribution in [3.05, 3.63) is 23.3 Å². The maximum Gasteiger partial charge on any atom is -0.0196 e. The molecule has 1 saturated carbocycles. The Bertz CT molecular complexity index is 232. The van der Waals surface area contributed by atoms with Gasteiger partial charge >= 0.3 is 0 Å². The Labute approximate surface area is 75.4 Å². The largest absolute Gasteiger partial charge is 0.0811 e. The van der Waals surface area contributed by atoms with E-state index in [1.54, 1.807) is 11.1 Å². The van der Waals surface area contributed by atoms with Crippen molar-refractivity contribution < 1.29 is 0 Å². The number of rotatable bonds is 1. The highest BCUT2D eigenvalue weighted by atomic mass is 14.4. The standard InChI is InChI=1S/C12H18/c1-3-10-5-4-6-11-8-12(11)7-9(10)2/h5,7,11-12H,3-4,6,8H2,1-2H3. The summed E-state index contributed by atoms with van der Waals surface area (Å²) in [6.45, 7) is 4.53. The van der Waals surface area contributed by atoms with Crippen LogP contribution in [0.4, 0.5) is 0 Å². The lowest BCUT2D eigenvalue weighted by Gasteiger charge is -2.08. The third-order valence-corrected chi connectivity index (χ3v) is 3.26. The summed E-state index contributed by atoms with van der Waals surface area (Å²) in [6.07, 6.45) is 10.4. The summed E-state index contributed by atoms with van der Waals surface area (Å²) in [5.74, 6) is 1.98. The summed E-state index contributed by atoms with van der Waals surface area (Å²) in [4.78, 5) is 0. The Balaban J connectivity index is 2.16. The summed E-state index contributed by atoms with van der Waals surface area (Å²) >= 11 is 0. The number of allylic oxidation sites excluding steroid dienone is 4. The number of fused-ring (bicyclic) bond motifs is 1. The van der Waals surface area contributed by atoms with Crippen molar-refractivity contribution >= 4 is 0 Å². The van der Waals surface area contributed by atoms with Gasteiger partial charge < -0.3 is 0 Å². The van der Waals surface area contributed by atoms with Gasteiger partial charge in [0.1, 0.15) is 0 Å². The molecule has 1 fully saturated rings. The fourth-order valence-corrected chi connectivity index (χ4v) is 2.29. The van der Waals surface area contributed by atoms with E-state index in [4.69, 9.17) is 0 Å². The summed E-state index contributed by atoms with van der Waals surface area (Å²) in [6, 6.07) is 0. The van der Waals surface area contributed by atoms with Gasteiger partial charge in [-0.1, -0.05) is 24.6 Å². The minimum atomic E-state index is 0.945.